The van der Waals surface area contributed by atoms with Crippen molar-refractivity contribution in [1.82, 2.24) is 0 Å². The quantitative estimate of drug-likeness (QED) is 0.413. The van der Waals surface area contributed by atoms with E-state index in [-0.39, 0.29) is 32.7 Å². The number of anilines is 2. The fourth-order valence-electron chi connectivity index (χ4n) is 2.77. The zero-order chi connectivity index (χ0) is 19.1. The van der Waals surface area contributed by atoms with Gasteiger partial charge in [0.05, 0.1) is 11.3 Å². The van der Waals surface area contributed by atoms with Crippen molar-refractivity contribution < 1.29 is 22.9 Å². The average Bonchev–Trinajstić information content (AvgIpc) is 2.53. The summed E-state index contributed by atoms with van der Waals surface area (Å²) in [6.45, 7) is 1.84. The van der Waals surface area contributed by atoms with Crippen LogP contribution in [0.25, 0.3) is 10.8 Å². The molecule has 0 spiro atoms. The van der Waals surface area contributed by atoms with Crippen LogP contribution in [0.1, 0.15) is 15.9 Å². The van der Waals surface area contributed by atoms with E-state index in [4.69, 9.17) is 5.73 Å². The number of nitrogen functional groups attached to an aromatic ring is 1. The van der Waals surface area contributed by atoms with E-state index < -0.39 is 16.0 Å². The molecule has 26 heavy (non-hydrogen) atoms. The molecule has 0 radical (unpaired) electrons. The van der Waals surface area contributed by atoms with E-state index in [9.17, 15) is 22.9 Å². The highest BCUT2D eigenvalue weighted by Crippen LogP contribution is 2.36. The Morgan fingerprint density at radius 3 is 2.50 bits per heavy atom. The molecule has 1 amide bonds. The van der Waals surface area contributed by atoms with Crippen LogP contribution in [0.4, 0.5) is 11.4 Å². The van der Waals surface area contributed by atoms with Gasteiger partial charge < -0.3 is 16.2 Å². The highest BCUT2D eigenvalue weighted by Gasteiger charge is 2.19. The number of carbonyl (C=O) groups is 1. The van der Waals surface area contributed by atoms with Crippen LogP contribution in [0.5, 0.6) is 5.75 Å². The Morgan fingerprint density at radius 1 is 1.12 bits per heavy atom. The van der Waals surface area contributed by atoms with Crippen LogP contribution in [0.2, 0.25) is 0 Å². The molecule has 5 N–H and O–H groups in total. The average molecular weight is 372 g/mol. The Labute approximate surface area is 149 Å². The minimum Gasteiger partial charge on any atom is -0.507 e. The number of benzene rings is 3. The number of nitrogens with two attached hydrogens (primary N) is 1. The number of phenols is 1. The first-order chi connectivity index (χ1) is 12.2. The first kappa shape index (κ1) is 17.7. The van der Waals surface area contributed by atoms with Gasteiger partial charge >= 0.3 is 0 Å². The van der Waals surface area contributed by atoms with Gasteiger partial charge in [-0.25, -0.2) is 0 Å². The van der Waals surface area contributed by atoms with E-state index in [0.717, 1.165) is 17.7 Å². The number of nitrogens with one attached hydrogen (secondary N) is 1. The van der Waals surface area contributed by atoms with Crippen molar-refractivity contribution in [2.75, 3.05) is 11.1 Å². The van der Waals surface area contributed by atoms with Gasteiger partial charge in [0, 0.05) is 16.5 Å². The van der Waals surface area contributed by atoms with E-state index in [1.807, 2.05) is 6.92 Å². The number of hydrogen-bond acceptors (Lipinski definition) is 5. The fourth-order valence-corrected chi connectivity index (χ4v) is 3.46. The minimum absolute atomic E-state index is 0.0854. The van der Waals surface area contributed by atoms with Gasteiger partial charge in [0.1, 0.15) is 10.6 Å². The molecule has 134 valence electrons. The second kappa shape index (κ2) is 6.32. The van der Waals surface area contributed by atoms with Crippen molar-refractivity contribution in [2.24, 2.45) is 0 Å². The number of carbonyl (C=O) groups excluding carboxylic acids is 1. The van der Waals surface area contributed by atoms with E-state index in [0.29, 0.717) is 5.69 Å². The number of fused-ring (bicyclic) bond motifs is 1. The predicted molar refractivity (Wildman–Crippen MR) is 99.0 cm³/mol. The van der Waals surface area contributed by atoms with Gasteiger partial charge in [-0.1, -0.05) is 18.2 Å². The summed E-state index contributed by atoms with van der Waals surface area (Å²) in [4.78, 5) is 12.2. The van der Waals surface area contributed by atoms with Crippen LogP contribution in [-0.2, 0) is 10.1 Å². The van der Waals surface area contributed by atoms with Crippen molar-refractivity contribution >= 4 is 38.2 Å². The van der Waals surface area contributed by atoms with Crippen molar-refractivity contribution in [3.63, 3.8) is 0 Å². The third kappa shape index (κ3) is 3.19. The number of aromatic hydroxyl groups is 1. The van der Waals surface area contributed by atoms with Gasteiger partial charge in [-0.15, -0.1) is 0 Å². The monoisotopic (exact) mass is 372 g/mol. The Kier molecular flexibility index (Phi) is 4.31. The molecule has 0 atom stereocenters. The third-order valence-corrected chi connectivity index (χ3v) is 4.87. The summed E-state index contributed by atoms with van der Waals surface area (Å²) in [5.74, 6) is -0.744. The summed E-state index contributed by atoms with van der Waals surface area (Å²) in [6.07, 6.45) is 0. The van der Waals surface area contributed by atoms with Crippen molar-refractivity contribution in [3.05, 3.63) is 59.7 Å². The zero-order valence-corrected chi connectivity index (χ0v) is 14.5. The Bertz CT molecular complexity index is 1140. The first-order valence-corrected chi connectivity index (χ1v) is 9.02. The fraction of sp³-hybridized carbons (Fsp3) is 0.0556. The lowest BCUT2D eigenvalue weighted by molar-refractivity contribution is 0.102. The van der Waals surface area contributed by atoms with E-state index in [2.05, 4.69) is 5.32 Å². The van der Waals surface area contributed by atoms with Gasteiger partial charge in [-0.2, -0.15) is 8.42 Å². The van der Waals surface area contributed by atoms with Crippen LogP contribution in [0, 0.1) is 6.92 Å². The number of hydrogen-bond donors (Lipinski definition) is 4. The standard InChI is InChI=1S/C18H16N2O5S/c1-10-5-6-11(13(19)9-10)18(22)20-14-4-2-3-12-16(26(23,24)25)8-7-15(21)17(12)14/h2-9,21H,19H2,1H3,(H,20,22)(H,23,24,25). The maximum atomic E-state index is 12.5. The minimum atomic E-state index is -4.50. The van der Waals surface area contributed by atoms with Crippen LogP contribution in [0.15, 0.2) is 53.4 Å². The normalized spacial score (nSPS) is 11.5. The Balaban J connectivity index is 2.13. The Hall–Kier alpha value is -3.10. The number of amides is 1. The molecule has 0 fully saturated rings. The van der Waals surface area contributed by atoms with Crippen LogP contribution in [-0.4, -0.2) is 24.0 Å². The summed E-state index contributed by atoms with van der Waals surface area (Å²) in [5.41, 5.74) is 7.51. The second-order valence-corrected chi connectivity index (χ2v) is 7.22. The molecule has 8 heteroatoms. The molecule has 3 aromatic carbocycles. The maximum absolute atomic E-state index is 12.5. The molecule has 0 bridgehead atoms. The molecule has 0 saturated carbocycles. The molecule has 0 aliphatic rings. The molecule has 0 aliphatic heterocycles. The van der Waals surface area contributed by atoms with Gasteiger partial charge in [-0.3, -0.25) is 9.35 Å². The SMILES string of the molecule is Cc1ccc(C(=O)Nc2cccc3c(S(=O)(=O)O)ccc(O)c23)c(N)c1. The number of aryl methyl sites for hydroxylation is 1. The zero-order valence-electron chi connectivity index (χ0n) is 13.7. The van der Waals surface area contributed by atoms with Crippen LogP contribution < -0.4 is 11.1 Å². The summed E-state index contributed by atoms with van der Waals surface area (Å²) in [7, 11) is -4.50. The van der Waals surface area contributed by atoms with Crippen LogP contribution in [0.3, 0.4) is 0 Å². The van der Waals surface area contributed by atoms with Crippen molar-refractivity contribution in [3.8, 4) is 5.75 Å². The highest BCUT2D eigenvalue weighted by atomic mass is 32.2. The highest BCUT2D eigenvalue weighted by molar-refractivity contribution is 7.86. The molecule has 3 aromatic rings. The maximum Gasteiger partial charge on any atom is 0.295 e. The molecule has 0 aromatic heterocycles. The third-order valence-electron chi connectivity index (χ3n) is 3.96. The van der Waals surface area contributed by atoms with Crippen molar-refractivity contribution in [2.45, 2.75) is 11.8 Å². The van der Waals surface area contributed by atoms with E-state index in [1.54, 1.807) is 18.2 Å². The number of rotatable bonds is 3. The van der Waals surface area contributed by atoms with Crippen LogP contribution >= 0.6 is 0 Å². The Morgan fingerprint density at radius 2 is 1.85 bits per heavy atom. The van der Waals surface area contributed by atoms with Crippen molar-refractivity contribution in [1.29, 1.82) is 0 Å². The lowest BCUT2D eigenvalue weighted by Gasteiger charge is -2.13. The predicted octanol–water partition coefficient (Wildman–Crippen LogP) is 2.94. The molecule has 7 nitrogen and oxygen atoms in total. The van der Waals surface area contributed by atoms with Gasteiger partial charge in [0.15, 0.2) is 0 Å². The topological polar surface area (TPSA) is 130 Å². The lowest BCUT2D eigenvalue weighted by Crippen LogP contribution is -2.14. The first-order valence-electron chi connectivity index (χ1n) is 7.58. The lowest BCUT2D eigenvalue weighted by atomic mass is 10.1. The smallest absolute Gasteiger partial charge is 0.295 e. The van der Waals surface area contributed by atoms with E-state index in [1.165, 1.54) is 18.2 Å². The van der Waals surface area contributed by atoms with Gasteiger partial charge in [0.25, 0.3) is 16.0 Å². The summed E-state index contributed by atoms with van der Waals surface area (Å²) < 4.78 is 32.5. The molecule has 0 aliphatic carbocycles. The summed E-state index contributed by atoms with van der Waals surface area (Å²) in [5, 5.41) is 13.0. The molecule has 0 heterocycles. The summed E-state index contributed by atoms with van der Waals surface area (Å²) in [6, 6.07) is 11.7. The largest absolute Gasteiger partial charge is 0.507 e. The van der Waals surface area contributed by atoms with Gasteiger partial charge in [0.2, 0.25) is 0 Å². The molecule has 3 rings (SSSR count). The summed E-state index contributed by atoms with van der Waals surface area (Å²) >= 11 is 0. The van der Waals surface area contributed by atoms with Gasteiger partial charge in [-0.05, 0) is 42.8 Å². The molecule has 0 saturated heterocycles. The second-order valence-electron chi connectivity index (χ2n) is 5.83. The molecular weight excluding hydrogens is 356 g/mol. The number of phenolic OH excluding ortho intramolecular Hbond substituents is 1. The van der Waals surface area contributed by atoms with E-state index >= 15 is 0 Å². The molecular formula is C18H16N2O5S. The molecule has 0 unspecified atom stereocenters.